The molecule has 0 aliphatic heterocycles. The van der Waals surface area contributed by atoms with Gasteiger partial charge in [-0.2, -0.15) is 0 Å². The summed E-state index contributed by atoms with van der Waals surface area (Å²) in [6.45, 7) is 10.8. The first-order valence-corrected chi connectivity index (χ1v) is 7.30. The smallest absolute Gasteiger partial charge is 0.134 e. The zero-order valence-electron chi connectivity index (χ0n) is 12.5. The fourth-order valence-electron chi connectivity index (χ4n) is 2.20. The molecule has 0 fully saturated rings. The zero-order chi connectivity index (χ0) is 13.9. The van der Waals surface area contributed by atoms with E-state index in [1.807, 2.05) is 0 Å². The van der Waals surface area contributed by atoms with E-state index in [1.165, 1.54) is 10.9 Å². The molecule has 1 aromatic heterocycles. The van der Waals surface area contributed by atoms with Crippen LogP contribution in [0.1, 0.15) is 51.9 Å². The highest BCUT2D eigenvalue weighted by molar-refractivity contribution is 5.79. The summed E-state index contributed by atoms with van der Waals surface area (Å²) < 4.78 is 5.85. The lowest BCUT2D eigenvalue weighted by molar-refractivity contribution is 0.505. The van der Waals surface area contributed by atoms with Gasteiger partial charge in [0, 0.05) is 5.39 Å². The molecule has 2 nitrogen and oxygen atoms in total. The van der Waals surface area contributed by atoms with Gasteiger partial charge in [0.05, 0.1) is 6.54 Å². The maximum atomic E-state index is 5.85. The van der Waals surface area contributed by atoms with Crippen molar-refractivity contribution in [3.8, 4) is 0 Å². The minimum absolute atomic E-state index is 0.228. The Morgan fingerprint density at radius 1 is 1.16 bits per heavy atom. The van der Waals surface area contributed by atoms with E-state index in [0.29, 0.717) is 0 Å². The van der Waals surface area contributed by atoms with Crippen molar-refractivity contribution in [1.82, 2.24) is 5.32 Å². The molecule has 0 aliphatic carbocycles. The summed E-state index contributed by atoms with van der Waals surface area (Å²) in [5, 5.41) is 4.59. The molecule has 1 aromatic carbocycles. The van der Waals surface area contributed by atoms with Crippen LogP contribution in [0.15, 0.2) is 28.7 Å². The van der Waals surface area contributed by atoms with Gasteiger partial charge in [0.1, 0.15) is 11.3 Å². The fourth-order valence-corrected chi connectivity index (χ4v) is 2.20. The van der Waals surface area contributed by atoms with E-state index in [2.05, 4.69) is 57.3 Å². The van der Waals surface area contributed by atoms with Gasteiger partial charge in [-0.05, 0) is 48.6 Å². The van der Waals surface area contributed by atoms with Gasteiger partial charge < -0.3 is 9.73 Å². The van der Waals surface area contributed by atoms with Crippen LogP contribution in [0.5, 0.6) is 0 Å². The maximum Gasteiger partial charge on any atom is 0.134 e. The summed E-state index contributed by atoms with van der Waals surface area (Å²) in [4.78, 5) is 0. The molecule has 2 rings (SSSR count). The van der Waals surface area contributed by atoms with Crippen LogP contribution in [-0.4, -0.2) is 6.54 Å². The highest BCUT2D eigenvalue weighted by Crippen LogP contribution is 2.30. The maximum absolute atomic E-state index is 5.85. The van der Waals surface area contributed by atoms with Gasteiger partial charge in [-0.3, -0.25) is 0 Å². The standard InChI is InChI=1S/C17H25NO/c1-5-9-18-12-15-11-13-10-14(17(3,4)6-2)7-8-16(13)19-15/h7-8,10-11,18H,5-6,9,12H2,1-4H3. The second-order valence-electron chi connectivity index (χ2n) is 5.88. The number of fused-ring (bicyclic) bond motifs is 1. The molecule has 2 heteroatoms. The molecule has 19 heavy (non-hydrogen) atoms. The Morgan fingerprint density at radius 2 is 1.95 bits per heavy atom. The third-order valence-corrected chi connectivity index (χ3v) is 3.96. The summed E-state index contributed by atoms with van der Waals surface area (Å²) in [7, 11) is 0. The average molecular weight is 259 g/mol. The van der Waals surface area contributed by atoms with Crippen molar-refractivity contribution in [2.75, 3.05) is 6.54 Å². The molecule has 0 radical (unpaired) electrons. The van der Waals surface area contributed by atoms with Crippen LogP contribution >= 0.6 is 0 Å². The number of hydrogen-bond acceptors (Lipinski definition) is 2. The van der Waals surface area contributed by atoms with E-state index >= 15 is 0 Å². The van der Waals surface area contributed by atoms with Crippen LogP contribution in [0.3, 0.4) is 0 Å². The molecule has 0 aliphatic rings. The van der Waals surface area contributed by atoms with E-state index in [0.717, 1.165) is 37.3 Å². The normalized spacial score (nSPS) is 12.2. The second-order valence-corrected chi connectivity index (χ2v) is 5.88. The molecular formula is C17H25NO. The molecule has 0 spiro atoms. The van der Waals surface area contributed by atoms with E-state index in [-0.39, 0.29) is 5.41 Å². The largest absolute Gasteiger partial charge is 0.460 e. The Hall–Kier alpha value is -1.28. The molecule has 0 amide bonds. The fraction of sp³-hybridized carbons (Fsp3) is 0.529. The highest BCUT2D eigenvalue weighted by atomic mass is 16.3. The molecule has 2 aromatic rings. The molecule has 1 N–H and O–H groups in total. The van der Waals surface area contributed by atoms with E-state index in [9.17, 15) is 0 Å². The molecule has 0 bridgehead atoms. The summed E-state index contributed by atoms with van der Waals surface area (Å²) >= 11 is 0. The topological polar surface area (TPSA) is 25.2 Å². The van der Waals surface area contributed by atoms with Gasteiger partial charge in [0.15, 0.2) is 0 Å². The predicted octanol–water partition coefficient (Wildman–Crippen LogP) is 4.62. The monoisotopic (exact) mass is 259 g/mol. The summed E-state index contributed by atoms with van der Waals surface area (Å²) in [6, 6.07) is 8.73. The summed E-state index contributed by atoms with van der Waals surface area (Å²) in [5.41, 5.74) is 2.60. The SMILES string of the molecule is CCCNCc1cc2cc(C(C)(C)CC)ccc2o1. The van der Waals surface area contributed by atoms with Crippen LogP contribution in [0.25, 0.3) is 11.0 Å². The van der Waals surface area contributed by atoms with Gasteiger partial charge in [0.2, 0.25) is 0 Å². The van der Waals surface area contributed by atoms with E-state index in [1.54, 1.807) is 0 Å². The summed E-state index contributed by atoms with van der Waals surface area (Å²) in [6.07, 6.45) is 2.29. The Labute approximate surface area is 116 Å². The predicted molar refractivity (Wildman–Crippen MR) is 81.5 cm³/mol. The van der Waals surface area contributed by atoms with Crippen LogP contribution in [0.4, 0.5) is 0 Å². The minimum Gasteiger partial charge on any atom is -0.460 e. The van der Waals surface area contributed by atoms with E-state index in [4.69, 9.17) is 4.42 Å². The third-order valence-electron chi connectivity index (χ3n) is 3.96. The van der Waals surface area contributed by atoms with Crippen LogP contribution in [0.2, 0.25) is 0 Å². The van der Waals surface area contributed by atoms with Crippen molar-refractivity contribution in [2.24, 2.45) is 0 Å². The minimum atomic E-state index is 0.228. The van der Waals surface area contributed by atoms with E-state index < -0.39 is 0 Å². The first-order chi connectivity index (χ1) is 9.06. The third kappa shape index (κ3) is 3.19. The lowest BCUT2D eigenvalue weighted by atomic mass is 9.82. The number of hydrogen-bond donors (Lipinski definition) is 1. The van der Waals surface area contributed by atoms with Crippen LogP contribution < -0.4 is 5.32 Å². The van der Waals surface area contributed by atoms with Crippen molar-refractivity contribution in [3.63, 3.8) is 0 Å². The summed E-state index contributed by atoms with van der Waals surface area (Å²) in [5.74, 6) is 1.02. The molecule has 0 atom stereocenters. The Balaban J connectivity index is 2.23. The molecule has 1 heterocycles. The van der Waals surface area contributed by atoms with Gasteiger partial charge in [-0.1, -0.05) is 33.8 Å². The number of benzene rings is 1. The second kappa shape index (κ2) is 5.79. The number of furan rings is 1. The quantitative estimate of drug-likeness (QED) is 0.766. The lowest BCUT2D eigenvalue weighted by Crippen LogP contribution is -2.14. The van der Waals surface area contributed by atoms with Gasteiger partial charge in [-0.25, -0.2) is 0 Å². The molecule has 0 saturated heterocycles. The molecular weight excluding hydrogens is 234 g/mol. The highest BCUT2D eigenvalue weighted by Gasteiger charge is 2.18. The molecule has 0 saturated carbocycles. The van der Waals surface area contributed by atoms with Crippen LogP contribution in [-0.2, 0) is 12.0 Å². The van der Waals surface area contributed by atoms with Gasteiger partial charge >= 0.3 is 0 Å². The number of rotatable bonds is 6. The average Bonchev–Trinajstić information content (AvgIpc) is 2.80. The van der Waals surface area contributed by atoms with Crippen molar-refractivity contribution in [2.45, 2.75) is 52.5 Å². The van der Waals surface area contributed by atoms with Crippen LogP contribution in [0, 0.1) is 0 Å². The Bertz CT molecular complexity index is 539. The first-order valence-electron chi connectivity index (χ1n) is 7.30. The Morgan fingerprint density at radius 3 is 2.63 bits per heavy atom. The van der Waals surface area contributed by atoms with Crippen molar-refractivity contribution >= 4 is 11.0 Å². The lowest BCUT2D eigenvalue weighted by Gasteiger charge is -2.23. The van der Waals surface area contributed by atoms with Gasteiger partial charge in [-0.15, -0.1) is 0 Å². The molecule has 104 valence electrons. The first kappa shape index (κ1) is 14.1. The number of nitrogens with one attached hydrogen (secondary N) is 1. The van der Waals surface area contributed by atoms with Crippen molar-refractivity contribution < 1.29 is 4.42 Å². The Kier molecular flexibility index (Phi) is 4.31. The van der Waals surface area contributed by atoms with Crippen molar-refractivity contribution in [1.29, 1.82) is 0 Å². The zero-order valence-corrected chi connectivity index (χ0v) is 12.5. The van der Waals surface area contributed by atoms with Gasteiger partial charge in [0.25, 0.3) is 0 Å². The van der Waals surface area contributed by atoms with Crippen molar-refractivity contribution in [3.05, 3.63) is 35.6 Å². The molecule has 0 unspecified atom stereocenters.